The second kappa shape index (κ2) is 9.15. The summed E-state index contributed by atoms with van der Waals surface area (Å²) in [5.41, 5.74) is 3.25. The van der Waals surface area contributed by atoms with E-state index in [-0.39, 0.29) is 12.5 Å². The van der Waals surface area contributed by atoms with Crippen LogP contribution in [0, 0.1) is 0 Å². The van der Waals surface area contributed by atoms with Crippen molar-refractivity contribution in [2.24, 2.45) is 0 Å². The van der Waals surface area contributed by atoms with Crippen molar-refractivity contribution in [3.63, 3.8) is 0 Å². The van der Waals surface area contributed by atoms with Gasteiger partial charge in [-0.15, -0.1) is 0 Å². The third-order valence-electron chi connectivity index (χ3n) is 5.52. The number of aromatic nitrogens is 3. The number of ether oxygens (including phenoxy) is 1. The van der Waals surface area contributed by atoms with Crippen molar-refractivity contribution in [1.82, 2.24) is 14.8 Å². The lowest BCUT2D eigenvalue weighted by atomic mass is 10.1. The maximum Gasteiger partial charge on any atom is 0.305 e. The Morgan fingerprint density at radius 1 is 1.33 bits per heavy atom. The molecular weight excluding hydrogens is 380 g/mol. The van der Waals surface area contributed by atoms with Crippen LogP contribution in [-0.4, -0.2) is 39.0 Å². The number of nitrogens with one attached hydrogen (secondary N) is 1. The topological polar surface area (TPSA) is 89.3 Å². The zero-order chi connectivity index (χ0) is 20.9. The van der Waals surface area contributed by atoms with Crippen LogP contribution in [0.1, 0.15) is 49.9 Å². The lowest BCUT2D eigenvalue weighted by molar-refractivity contribution is -0.138. The number of pyridine rings is 1. The molecule has 0 spiro atoms. The van der Waals surface area contributed by atoms with Crippen LogP contribution < -0.4 is 10.1 Å². The summed E-state index contributed by atoms with van der Waals surface area (Å²) in [4.78, 5) is 15.9. The van der Waals surface area contributed by atoms with Gasteiger partial charge in [0.1, 0.15) is 11.6 Å². The van der Waals surface area contributed by atoms with E-state index in [1.54, 1.807) is 6.20 Å². The first kappa shape index (κ1) is 20.2. The van der Waals surface area contributed by atoms with E-state index < -0.39 is 5.97 Å². The monoisotopic (exact) mass is 408 g/mol. The van der Waals surface area contributed by atoms with Crippen LogP contribution in [0.2, 0.25) is 0 Å². The van der Waals surface area contributed by atoms with Gasteiger partial charge in [0.05, 0.1) is 30.8 Å². The van der Waals surface area contributed by atoms with Gasteiger partial charge in [-0.3, -0.25) is 9.48 Å². The van der Waals surface area contributed by atoms with Crippen molar-refractivity contribution >= 4 is 22.7 Å². The number of aryl methyl sites for hydroxylation is 1. The van der Waals surface area contributed by atoms with Crippen LogP contribution in [0.4, 0.5) is 5.82 Å². The molecule has 30 heavy (non-hydrogen) atoms. The number of hydrogen-bond acceptors (Lipinski definition) is 5. The second-order valence-electron chi connectivity index (χ2n) is 7.79. The summed E-state index contributed by atoms with van der Waals surface area (Å²) in [6, 6.07) is 9.95. The molecule has 7 heteroatoms. The third-order valence-corrected chi connectivity index (χ3v) is 5.52. The van der Waals surface area contributed by atoms with Crippen LogP contribution in [-0.2, 0) is 17.6 Å². The molecule has 4 rings (SSSR count). The number of carboxylic acid groups (broad SMARTS) is 1. The summed E-state index contributed by atoms with van der Waals surface area (Å²) in [7, 11) is 0. The van der Waals surface area contributed by atoms with Gasteiger partial charge in [-0.2, -0.15) is 5.10 Å². The predicted octanol–water partition coefficient (Wildman–Crippen LogP) is 4.23. The Kier molecular flexibility index (Phi) is 6.16. The number of hydrogen-bond donors (Lipinski definition) is 2. The average molecular weight is 409 g/mol. The van der Waals surface area contributed by atoms with Gasteiger partial charge in [0.15, 0.2) is 0 Å². The van der Waals surface area contributed by atoms with Crippen molar-refractivity contribution in [3.05, 3.63) is 47.8 Å². The van der Waals surface area contributed by atoms with Gasteiger partial charge >= 0.3 is 5.97 Å². The Hall–Kier alpha value is -3.09. The highest BCUT2D eigenvalue weighted by atomic mass is 16.5. The molecule has 0 fully saturated rings. The third kappa shape index (κ3) is 4.56. The predicted molar refractivity (Wildman–Crippen MR) is 116 cm³/mol. The quantitative estimate of drug-likeness (QED) is 0.551. The van der Waals surface area contributed by atoms with Crippen molar-refractivity contribution in [1.29, 1.82) is 0 Å². The highest BCUT2D eigenvalue weighted by Gasteiger charge is 2.18. The zero-order valence-electron chi connectivity index (χ0n) is 17.3. The molecule has 1 aliphatic heterocycles. The molecule has 0 amide bonds. The minimum Gasteiger partial charge on any atom is -0.493 e. The first-order valence-corrected chi connectivity index (χ1v) is 10.7. The summed E-state index contributed by atoms with van der Waals surface area (Å²) < 4.78 is 7.79. The molecule has 1 aliphatic rings. The Balaban J connectivity index is 1.41. The lowest BCUT2D eigenvalue weighted by Crippen LogP contribution is -2.15. The van der Waals surface area contributed by atoms with Crippen molar-refractivity contribution in [2.45, 2.75) is 51.5 Å². The summed E-state index contributed by atoms with van der Waals surface area (Å²) in [5, 5.41) is 18.0. The largest absolute Gasteiger partial charge is 0.493 e. The van der Waals surface area contributed by atoms with Crippen molar-refractivity contribution in [3.8, 4) is 5.75 Å². The van der Waals surface area contributed by atoms with Crippen molar-refractivity contribution in [2.75, 3.05) is 18.5 Å². The number of rotatable bonds is 9. The SMILES string of the molecule is CCCC(CC(=O)O)n1ncc2cc(OCCc3ccc4c(n3)NCCC4)ccc21. The Bertz CT molecular complexity index is 1030. The number of anilines is 1. The minimum absolute atomic E-state index is 0.0749. The molecule has 0 bridgehead atoms. The van der Waals surface area contributed by atoms with Crippen LogP contribution in [0.25, 0.3) is 10.9 Å². The molecule has 0 aliphatic carbocycles. The van der Waals surface area contributed by atoms with Crippen LogP contribution >= 0.6 is 0 Å². The molecule has 0 saturated heterocycles. The fraction of sp³-hybridized carbons (Fsp3) is 0.435. The molecule has 2 aromatic heterocycles. The smallest absolute Gasteiger partial charge is 0.305 e. The Morgan fingerprint density at radius 2 is 2.23 bits per heavy atom. The number of carbonyl (C=O) groups is 1. The number of fused-ring (bicyclic) bond motifs is 2. The highest BCUT2D eigenvalue weighted by molar-refractivity contribution is 5.80. The zero-order valence-corrected chi connectivity index (χ0v) is 17.3. The van der Waals surface area contributed by atoms with Gasteiger partial charge in [0, 0.05) is 24.0 Å². The molecule has 1 atom stereocenters. The summed E-state index contributed by atoms with van der Waals surface area (Å²) >= 11 is 0. The fourth-order valence-electron chi connectivity index (χ4n) is 4.04. The number of nitrogens with zero attached hydrogens (tertiary/aromatic N) is 3. The highest BCUT2D eigenvalue weighted by Crippen LogP contribution is 2.27. The van der Waals surface area contributed by atoms with E-state index in [2.05, 4.69) is 29.5 Å². The normalized spacial score (nSPS) is 14.2. The van der Waals surface area contributed by atoms with Gasteiger partial charge in [0.2, 0.25) is 0 Å². The Labute approximate surface area is 176 Å². The molecule has 0 saturated carbocycles. The summed E-state index contributed by atoms with van der Waals surface area (Å²) in [6.45, 7) is 3.59. The van der Waals surface area contributed by atoms with Gasteiger partial charge in [0.25, 0.3) is 0 Å². The van der Waals surface area contributed by atoms with E-state index in [1.807, 2.05) is 22.9 Å². The minimum atomic E-state index is -0.803. The number of carboxylic acids is 1. The molecular formula is C23H28N4O3. The molecule has 2 N–H and O–H groups in total. The van der Waals surface area contributed by atoms with E-state index in [1.165, 1.54) is 5.56 Å². The molecule has 0 radical (unpaired) electrons. The first-order valence-electron chi connectivity index (χ1n) is 10.7. The van der Waals surface area contributed by atoms with Crippen LogP contribution in [0.15, 0.2) is 36.5 Å². The van der Waals surface area contributed by atoms with E-state index in [0.717, 1.165) is 66.8 Å². The van der Waals surface area contributed by atoms with E-state index in [0.29, 0.717) is 6.61 Å². The Morgan fingerprint density at radius 3 is 3.07 bits per heavy atom. The van der Waals surface area contributed by atoms with Crippen LogP contribution in [0.5, 0.6) is 5.75 Å². The van der Waals surface area contributed by atoms with E-state index in [4.69, 9.17) is 9.72 Å². The molecule has 1 unspecified atom stereocenters. The standard InChI is InChI=1S/C23H28N4O3/c1-2-4-19(14-22(28)29)27-21-9-8-20(13-17(21)15-25-27)30-12-10-18-7-6-16-5-3-11-24-23(16)26-18/h6-9,13,15,19H,2-5,10-12,14H2,1H3,(H,24,26)(H,28,29). The lowest BCUT2D eigenvalue weighted by Gasteiger charge is -2.17. The summed E-state index contributed by atoms with van der Waals surface area (Å²) in [6.07, 6.45) is 6.53. The number of benzene rings is 1. The van der Waals surface area contributed by atoms with Gasteiger partial charge in [-0.1, -0.05) is 19.4 Å². The van der Waals surface area contributed by atoms with Crippen molar-refractivity contribution < 1.29 is 14.6 Å². The molecule has 3 heterocycles. The maximum absolute atomic E-state index is 11.2. The molecule has 158 valence electrons. The maximum atomic E-state index is 11.2. The first-order chi connectivity index (χ1) is 14.6. The van der Waals surface area contributed by atoms with Crippen LogP contribution in [0.3, 0.4) is 0 Å². The van der Waals surface area contributed by atoms with Gasteiger partial charge in [-0.05, 0) is 49.1 Å². The summed E-state index contributed by atoms with van der Waals surface area (Å²) in [5.74, 6) is 0.988. The average Bonchev–Trinajstić information content (AvgIpc) is 3.16. The molecule has 1 aromatic carbocycles. The second-order valence-corrected chi connectivity index (χ2v) is 7.79. The van der Waals surface area contributed by atoms with E-state index in [9.17, 15) is 9.90 Å². The molecule has 3 aromatic rings. The van der Waals surface area contributed by atoms with Gasteiger partial charge < -0.3 is 15.2 Å². The van der Waals surface area contributed by atoms with E-state index >= 15 is 0 Å². The number of aliphatic carboxylic acids is 1. The van der Waals surface area contributed by atoms with Gasteiger partial charge in [-0.25, -0.2) is 4.98 Å². The molecule has 7 nitrogen and oxygen atoms in total. The fourth-order valence-corrected chi connectivity index (χ4v) is 4.04.